The number of rotatable bonds is 6. The first kappa shape index (κ1) is 19.6. The van der Waals surface area contributed by atoms with E-state index in [4.69, 9.17) is 4.52 Å². The summed E-state index contributed by atoms with van der Waals surface area (Å²) in [4.78, 5) is 17.1. The van der Waals surface area contributed by atoms with E-state index in [1.54, 1.807) is 29.0 Å². The van der Waals surface area contributed by atoms with Crippen LogP contribution in [0.4, 0.5) is 10.1 Å². The zero-order valence-corrected chi connectivity index (χ0v) is 16.7. The highest BCUT2D eigenvalue weighted by molar-refractivity contribution is 5.92. The zero-order chi connectivity index (χ0) is 21.1. The van der Waals surface area contributed by atoms with E-state index in [0.29, 0.717) is 17.1 Å². The minimum atomic E-state index is -0.331. The van der Waals surface area contributed by atoms with Gasteiger partial charge in [-0.15, -0.1) is 0 Å². The summed E-state index contributed by atoms with van der Waals surface area (Å²) < 4.78 is 20.3. The molecule has 2 aromatic heterocycles. The molecule has 6 nitrogen and oxygen atoms in total. The molecule has 0 aliphatic carbocycles. The first-order valence-electron chi connectivity index (χ1n) is 9.68. The highest BCUT2D eigenvalue weighted by atomic mass is 19.1. The number of benzene rings is 2. The predicted molar refractivity (Wildman–Crippen MR) is 112 cm³/mol. The molecule has 0 spiro atoms. The van der Waals surface area contributed by atoms with Gasteiger partial charge in [0.1, 0.15) is 18.1 Å². The van der Waals surface area contributed by atoms with Crippen LogP contribution in [0.15, 0.2) is 65.3 Å². The van der Waals surface area contributed by atoms with Crippen molar-refractivity contribution in [3.63, 3.8) is 0 Å². The summed E-state index contributed by atoms with van der Waals surface area (Å²) in [5.74, 6) is 0.170. The van der Waals surface area contributed by atoms with Crippen molar-refractivity contribution in [2.75, 3.05) is 5.32 Å². The van der Waals surface area contributed by atoms with Crippen LogP contribution in [0.5, 0.6) is 0 Å². The number of amides is 1. The van der Waals surface area contributed by atoms with Crippen molar-refractivity contribution in [2.45, 2.75) is 26.8 Å². The van der Waals surface area contributed by atoms with Crippen LogP contribution in [0.3, 0.4) is 0 Å². The van der Waals surface area contributed by atoms with Gasteiger partial charge in [0.15, 0.2) is 0 Å². The molecule has 0 saturated carbocycles. The van der Waals surface area contributed by atoms with Crippen LogP contribution in [0.1, 0.15) is 18.1 Å². The number of hydrogen-bond donors (Lipinski definition) is 1. The summed E-state index contributed by atoms with van der Waals surface area (Å²) in [5.41, 5.74) is 4.25. The standard InChI is InChI=1S/C23H21FN4O2/c1-3-16-7-4-6-15(2)21(16)25-20(29)14-28-13-5-8-19(28)23-26-22(27-30-23)17-9-11-18(24)12-10-17/h4-13H,3,14H2,1-2H3,(H,25,29). The quantitative estimate of drug-likeness (QED) is 0.498. The molecule has 0 unspecified atom stereocenters. The van der Waals surface area contributed by atoms with E-state index in [2.05, 4.69) is 22.4 Å². The molecule has 0 saturated heterocycles. The van der Waals surface area contributed by atoms with Crippen molar-refractivity contribution in [3.05, 3.63) is 77.7 Å². The van der Waals surface area contributed by atoms with Crippen molar-refractivity contribution < 1.29 is 13.7 Å². The summed E-state index contributed by atoms with van der Waals surface area (Å²) in [6, 6.07) is 15.5. The number of carbonyl (C=O) groups is 1. The van der Waals surface area contributed by atoms with Crippen LogP contribution in [0.25, 0.3) is 23.0 Å². The van der Waals surface area contributed by atoms with Gasteiger partial charge in [-0.1, -0.05) is 30.3 Å². The van der Waals surface area contributed by atoms with Gasteiger partial charge in [0.2, 0.25) is 11.7 Å². The molecular weight excluding hydrogens is 383 g/mol. The van der Waals surface area contributed by atoms with Crippen molar-refractivity contribution in [1.82, 2.24) is 14.7 Å². The largest absolute Gasteiger partial charge is 0.334 e. The number of aryl methyl sites for hydroxylation is 2. The van der Waals surface area contributed by atoms with E-state index in [9.17, 15) is 9.18 Å². The molecule has 0 bridgehead atoms. The molecule has 0 fully saturated rings. The van der Waals surface area contributed by atoms with Crippen LogP contribution >= 0.6 is 0 Å². The van der Waals surface area contributed by atoms with Crippen LogP contribution in [0.2, 0.25) is 0 Å². The maximum atomic E-state index is 13.1. The Morgan fingerprint density at radius 3 is 2.70 bits per heavy atom. The van der Waals surface area contributed by atoms with Crippen LogP contribution < -0.4 is 5.32 Å². The summed E-state index contributed by atoms with van der Waals surface area (Å²) in [5, 5.41) is 6.99. The Kier molecular flexibility index (Phi) is 5.43. The third-order valence-corrected chi connectivity index (χ3v) is 4.90. The zero-order valence-electron chi connectivity index (χ0n) is 16.7. The number of para-hydroxylation sites is 1. The van der Waals surface area contributed by atoms with E-state index in [1.165, 1.54) is 12.1 Å². The van der Waals surface area contributed by atoms with Gasteiger partial charge in [-0.25, -0.2) is 4.39 Å². The molecule has 4 aromatic rings. The van der Waals surface area contributed by atoms with Crippen molar-refractivity contribution in [3.8, 4) is 23.0 Å². The molecule has 0 aliphatic rings. The van der Waals surface area contributed by atoms with E-state index in [1.807, 2.05) is 31.2 Å². The minimum Gasteiger partial charge on any atom is -0.334 e. The van der Waals surface area contributed by atoms with E-state index in [0.717, 1.165) is 23.2 Å². The topological polar surface area (TPSA) is 73.0 Å². The molecule has 0 aliphatic heterocycles. The molecule has 0 radical (unpaired) electrons. The van der Waals surface area contributed by atoms with Crippen LogP contribution in [0, 0.1) is 12.7 Å². The normalized spacial score (nSPS) is 10.9. The maximum absolute atomic E-state index is 13.1. The molecular formula is C23H21FN4O2. The van der Waals surface area contributed by atoms with Crippen LogP contribution in [-0.4, -0.2) is 20.6 Å². The number of anilines is 1. The molecule has 30 heavy (non-hydrogen) atoms. The highest BCUT2D eigenvalue weighted by Crippen LogP contribution is 2.24. The Bertz CT molecular complexity index is 1180. The number of aromatic nitrogens is 3. The van der Waals surface area contributed by atoms with E-state index < -0.39 is 0 Å². The third kappa shape index (κ3) is 4.00. The second-order valence-electron chi connectivity index (χ2n) is 6.96. The van der Waals surface area contributed by atoms with Crippen LogP contribution in [-0.2, 0) is 17.8 Å². The van der Waals surface area contributed by atoms with Gasteiger partial charge in [0.05, 0.1) is 0 Å². The summed E-state index contributed by atoms with van der Waals surface area (Å²) in [6.07, 6.45) is 2.62. The number of carbonyl (C=O) groups excluding carboxylic acids is 1. The maximum Gasteiger partial charge on any atom is 0.274 e. The average Bonchev–Trinajstić information content (AvgIpc) is 3.39. The molecule has 2 heterocycles. The number of hydrogen-bond acceptors (Lipinski definition) is 4. The molecule has 7 heteroatoms. The molecule has 1 N–H and O–H groups in total. The third-order valence-electron chi connectivity index (χ3n) is 4.90. The second kappa shape index (κ2) is 8.32. The summed E-state index contributed by atoms with van der Waals surface area (Å²) in [7, 11) is 0. The average molecular weight is 404 g/mol. The molecule has 4 rings (SSSR count). The lowest BCUT2D eigenvalue weighted by Gasteiger charge is -2.14. The van der Waals surface area contributed by atoms with Crippen molar-refractivity contribution in [2.24, 2.45) is 0 Å². The SMILES string of the molecule is CCc1cccc(C)c1NC(=O)Cn1cccc1-c1nc(-c2ccc(F)cc2)no1. The van der Waals surface area contributed by atoms with Gasteiger partial charge in [-0.2, -0.15) is 4.98 Å². The predicted octanol–water partition coefficient (Wildman–Crippen LogP) is 4.85. The number of halogens is 1. The van der Waals surface area contributed by atoms with Crippen molar-refractivity contribution in [1.29, 1.82) is 0 Å². The first-order valence-corrected chi connectivity index (χ1v) is 9.68. The fourth-order valence-electron chi connectivity index (χ4n) is 3.33. The molecule has 0 atom stereocenters. The Hall–Kier alpha value is -3.74. The summed E-state index contributed by atoms with van der Waals surface area (Å²) in [6.45, 7) is 4.14. The second-order valence-corrected chi connectivity index (χ2v) is 6.96. The van der Waals surface area contributed by atoms with E-state index in [-0.39, 0.29) is 24.2 Å². The lowest BCUT2D eigenvalue weighted by atomic mass is 10.1. The van der Waals surface area contributed by atoms with Gasteiger partial charge in [-0.05, 0) is 60.9 Å². The monoisotopic (exact) mass is 404 g/mol. The van der Waals surface area contributed by atoms with Gasteiger partial charge < -0.3 is 14.4 Å². The Morgan fingerprint density at radius 2 is 1.93 bits per heavy atom. The minimum absolute atomic E-state index is 0.105. The fraction of sp³-hybridized carbons (Fsp3) is 0.174. The fourth-order valence-corrected chi connectivity index (χ4v) is 3.33. The summed E-state index contributed by atoms with van der Waals surface area (Å²) >= 11 is 0. The Morgan fingerprint density at radius 1 is 1.13 bits per heavy atom. The lowest BCUT2D eigenvalue weighted by molar-refractivity contribution is -0.116. The van der Waals surface area contributed by atoms with E-state index >= 15 is 0 Å². The van der Waals surface area contributed by atoms with Gasteiger partial charge >= 0.3 is 0 Å². The number of nitrogens with zero attached hydrogens (tertiary/aromatic N) is 3. The van der Waals surface area contributed by atoms with Gasteiger partial charge in [-0.3, -0.25) is 4.79 Å². The Balaban J connectivity index is 1.53. The smallest absolute Gasteiger partial charge is 0.274 e. The molecule has 152 valence electrons. The lowest BCUT2D eigenvalue weighted by Crippen LogP contribution is -2.20. The first-order chi connectivity index (χ1) is 14.5. The molecule has 2 aromatic carbocycles. The van der Waals surface area contributed by atoms with Crippen molar-refractivity contribution >= 4 is 11.6 Å². The van der Waals surface area contributed by atoms with Gasteiger partial charge in [0, 0.05) is 17.4 Å². The highest BCUT2D eigenvalue weighted by Gasteiger charge is 2.16. The molecule has 1 amide bonds. The van der Waals surface area contributed by atoms with Gasteiger partial charge in [0.25, 0.3) is 5.89 Å². The number of nitrogens with one attached hydrogen (secondary N) is 1. The Labute approximate surface area is 173 Å².